The van der Waals surface area contributed by atoms with E-state index in [4.69, 9.17) is 14.6 Å². The van der Waals surface area contributed by atoms with Gasteiger partial charge < -0.3 is 25.0 Å². The molecule has 0 radical (unpaired) electrons. The number of benzene rings is 2. The number of pyridine rings is 1. The summed E-state index contributed by atoms with van der Waals surface area (Å²) in [5.74, 6) is -0.178. The Hall–Kier alpha value is -4.02. The van der Waals surface area contributed by atoms with Gasteiger partial charge in [-0.25, -0.2) is 13.2 Å². The topological polar surface area (TPSA) is 95.0 Å². The number of ether oxygens (including phenoxy) is 1. The van der Waals surface area contributed by atoms with E-state index in [1.54, 1.807) is 21.0 Å². The third kappa shape index (κ3) is 6.27. The lowest BCUT2D eigenvalue weighted by atomic mass is 10.0. The van der Waals surface area contributed by atoms with Crippen molar-refractivity contribution in [3.05, 3.63) is 59.0 Å². The highest BCUT2D eigenvalue weighted by atomic mass is 19.3. The molecule has 0 saturated carbocycles. The van der Waals surface area contributed by atoms with Crippen LogP contribution in [0, 0.1) is 12.7 Å². The molecule has 1 amide bonds. The number of methoxy groups -OCH3 is 1. The SMILES string of the molecule is COc1cc2nc(C)cc(N[C@H](C)c3cccc(C(F)F)c3F)c2cc1N1CCN(C(C)=O)CC1.O=CO. The third-order valence-corrected chi connectivity index (χ3v) is 6.44. The van der Waals surface area contributed by atoms with Crippen molar-refractivity contribution in [3.63, 3.8) is 0 Å². The summed E-state index contributed by atoms with van der Waals surface area (Å²) >= 11 is 0. The summed E-state index contributed by atoms with van der Waals surface area (Å²) in [4.78, 5) is 28.7. The van der Waals surface area contributed by atoms with Crippen LogP contribution in [0.15, 0.2) is 36.4 Å². The predicted octanol–water partition coefficient (Wildman–Crippen LogP) is 5.17. The highest BCUT2D eigenvalue weighted by Gasteiger charge is 2.23. The first kappa shape index (κ1) is 28.5. The molecule has 4 rings (SSSR count). The van der Waals surface area contributed by atoms with Gasteiger partial charge in [-0.3, -0.25) is 14.6 Å². The predicted molar refractivity (Wildman–Crippen MR) is 140 cm³/mol. The first-order valence-electron chi connectivity index (χ1n) is 12.0. The van der Waals surface area contributed by atoms with Gasteiger partial charge in [0.15, 0.2) is 0 Å². The fraction of sp³-hybridized carbons (Fsp3) is 0.370. The van der Waals surface area contributed by atoms with Gasteiger partial charge in [0.1, 0.15) is 11.6 Å². The summed E-state index contributed by atoms with van der Waals surface area (Å²) in [6.07, 6.45) is -2.88. The van der Waals surface area contributed by atoms with Crippen molar-refractivity contribution < 1.29 is 32.6 Å². The number of hydrogen-bond acceptors (Lipinski definition) is 6. The van der Waals surface area contributed by atoms with Gasteiger partial charge in [0.25, 0.3) is 12.9 Å². The van der Waals surface area contributed by atoms with Crippen LogP contribution in [0.1, 0.15) is 43.1 Å². The zero-order chi connectivity index (χ0) is 28.0. The van der Waals surface area contributed by atoms with Crippen LogP contribution in [0.5, 0.6) is 5.75 Å². The van der Waals surface area contributed by atoms with Gasteiger partial charge in [-0.1, -0.05) is 18.2 Å². The lowest BCUT2D eigenvalue weighted by molar-refractivity contribution is -0.129. The second-order valence-electron chi connectivity index (χ2n) is 8.87. The molecule has 1 saturated heterocycles. The van der Waals surface area contributed by atoms with Gasteiger partial charge in [0.05, 0.1) is 29.9 Å². The zero-order valence-corrected chi connectivity index (χ0v) is 21.7. The van der Waals surface area contributed by atoms with Gasteiger partial charge in [-0.05, 0) is 26.0 Å². The molecule has 0 aliphatic carbocycles. The fourth-order valence-corrected chi connectivity index (χ4v) is 4.55. The van der Waals surface area contributed by atoms with E-state index < -0.39 is 23.8 Å². The highest BCUT2D eigenvalue weighted by Crippen LogP contribution is 2.38. The Bertz CT molecular complexity index is 1300. The number of halogens is 3. The molecule has 11 heteroatoms. The molecule has 1 atom stereocenters. The first-order valence-corrected chi connectivity index (χ1v) is 12.0. The van der Waals surface area contributed by atoms with Crippen LogP contribution in [-0.4, -0.2) is 60.7 Å². The van der Waals surface area contributed by atoms with Crippen LogP contribution in [0.25, 0.3) is 10.9 Å². The number of rotatable bonds is 6. The van der Waals surface area contributed by atoms with Gasteiger partial charge >= 0.3 is 0 Å². The number of alkyl halides is 2. The summed E-state index contributed by atoms with van der Waals surface area (Å²) in [5, 5.41) is 11.0. The number of amides is 1. The molecule has 204 valence electrons. The molecule has 3 aromatic rings. The number of aryl methyl sites for hydroxylation is 1. The van der Waals surface area contributed by atoms with Crippen LogP contribution < -0.4 is 15.0 Å². The minimum Gasteiger partial charge on any atom is -0.495 e. The molecule has 1 aliphatic heterocycles. The fourth-order valence-electron chi connectivity index (χ4n) is 4.55. The molecule has 1 aliphatic rings. The Labute approximate surface area is 219 Å². The molecule has 8 nitrogen and oxygen atoms in total. The summed E-state index contributed by atoms with van der Waals surface area (Å²) in [6, 6.07) is 9.19. The standard InChI is InChI=1S/C26H29F3N4O2.CH2O2/c1-15-12-21(31-16(2)18-6-5-7-19(25(18)27)26(28)29)20-13-23(24(35-4)14-22(20)30-15)33-10-8-32(9-11-33)17(3)34;2-1-3/h5-7,12-14,16,26H,8-11H2,1-4H3,(H,30,31);1H,(H,2,3)/t16-;/m1./s1. The number of piperazine rings is 1. The van der Waals surface area contributed by atoms with E-state index in [0.717, 1.165) is 22.8 Å². The molecular weight excluding hydrogens is 501 g/mol. The molecule has 2 heterocycles. The number of hydrogen-bond donors (Lipinski definition) is 2. The van der Waals surface area contributed by atoms with Gasteiger partial charge in [-0.15, -0.1) is 0 Å². The van der Waals surface area contributed by atoms with Crippen molar-refractivity contribution in [1.29, 1.82) is 0 Å². The Kier molecular flexibility index (Phi) is 9.38. The minimum absolute atomic E-state index is 0.0541. The van der Waals surface area contributed by atoms with Crippen LogP contribution in [-0.2, 0) is 9.59 Å². The highest BCUT2D eigenvalue weighted by molar-refractivity contribution is 5.96. The maximum absolute atomic E-state index is 14.8. The lowest BCUT2D eigenvalue weighted by Gasteiger charge is -2.36. The van der Waals surface area contributed by atoms with E-state index in [1.807, 2.05) is 30.0 Å². The van der Waals surface area contributed by atoms with Crippen molar-refractivity contribution >= 4 is 34.7 Å². The summed E-state index contributed by atoms with van der Waals surface area (Å²) < 4.78 is 46.9. The maximum atomic E-state index is 14.8. The molecule has 1 fully saturated rings. The zero-order valence-electron chi connectivity index (χ0n) is 21.7. The van der Waals surface area contributed by atoms with Gasteiger partial charge in [-0.2, -0.15) is 0 Å². The van der Waals surface area contributed by atoms with E-state index in [-0.39, 0.29) is 17.9 Å². The number of aromatic nitrogens is 1. The van der Waals surface area contributed by atoms with Crippen molar-refractivity contribution in [3.8, 4) is 5.75 Å². The molecular formula is C27H31F3N4O4. The number of carbonyl (C=O) groups is 2. The van der Waals surface area contributed by atoms with E-state index in [9.17, 15) is 18.0 Å². The number of nitrogens with one attached hydrogen (secondary N) is 1. The average Bonchev–Trinajstić information content (AvgIpc) is 2.88. The van der Waals surface area contributed by atoms with E-state index in [2.05, 4.69) is 15.2 Å². The Morgan fingerprint density at radius 1 is 1.16 bits per heavy atom. The van der Waals surface area contributed by atoms with Crippen molar-refractivity contribution in [2.45, 2.75) is 33.2 Å². The van der Waals surface area contributed by atoms with Gasteiger partial charge in [0, 0.05) is 61.5 Å². The van der Waals surface area contributed by atoms with Gasteiger partial charge in [0.2, 0.25) is 5.91 Å². The molecule has 38 heavy (non-hydrogen) atoms. The van der Waals surface area contributed by atoms with Crippen molar-refractivity contribution in [2.24, 2.45) is 0 Å². The Balaban J connectivity index is 0.00000127. The summed E-state index contributed by atoms with van der Waals surface area (Å²) in [6.45, 7) is 7.46. The Morgan fingerprint density at radius 2 is 1.79 bits per heavy atom. The first-order chi connectivity index (χ1) is 18.1. The van der Waals surface area contributed by atoms with E-state index in [1.165, 1.54) is 12.1 Å². The molecule has 1 aromatic heterocycles. The molecule has 0 spiro atoms. The molecule has 2 aromatic carbocycles. The number of fused-ring (bicyclic) bond motifs is 1. The summed E-state index contributed by atoms with van der Waals surface area (Å²) in [7, 11) is 1.60. The Morgan fingerprint density at radius 3 is 2.37 bits per heavy atom. The second-order valence-corrected chi connectivity index (χ2v) is 8.87. The van der Waals surface area contributed by atoms with Crippen LogP contribution in [0.2, 0.25) is 0 Å². The maximum Gasteiger partial charge on any atom is 0.290 e. The molecule has 2 N–H and O–H groups in total. The minimum atomic E-state index is -2.88. The van der Waals surface area contributed by atoms with Crippen LogP contribution in [0.3, 0.4) is 0 Å². The quantitative estimate of drug-likeness (QED) is 0.423. The van der Waals surface area contributed by atoms with Crippen LogP contribution in [0.4, 0.5) is 24.5 Å². The lowest BCUT2D eigenvalue weighted by Crippen LogP contribution is -2.48. The number of nitrogens with zero attached hydrogens (tertiary/aromatic N) is 3. The molecule has 0 bridgehead atoms. The monoisotopic (exact) mass is 532 g/mol. The number of carbonyl (C=O) groups excluding carboxylic acids is 1. The second kappa shape index (κ2) is 12.5. The number of anilines is 2. The normalized spacial score (nSPS) is 14.1. The summed E-state index contributed by atoms with van der Waals surface area (Å²) in [5.41, 5.74) is 2.59. The van der Waals surface area contributed by atoms with Crippen molar-refractivity contribution in [2.75, 3.05) is 43.5 Å². The third-order valence-electron chi connectivity index (χ3n) is 6.44. The molecule has 0 unspecified atom stereocenters. The van der Waals surface area contributed by atoms with E-state index >= 15 is 0 Å². The van der Waals surface area contributed by atoms with E-state index in [0.29, 0.717) is 43.1 Å². The average molecular weight is 533 g/mol. The van der Waals surface area contributed by atoms with Crippen LogP contribution >= 0.6 is 0 Å². The smallest absolute Gasteiger partial charge is 0.290 e. The van der Waals surface area contributed by atoms with Crippen molar-refractivity contribution in [1.82, 2.24) is 9.88 Å². The number of carboxylic acid groups (broad SMARTS) is 1. The largest absolute Gasteiger partial charge is 0.495 e.